The fourth-order valence-corrected chi connectivity index (χ4v) is 2.72. The van der Waals surface area contributed by atoms with E-state index in [9.17, 15) is 9.18 Å². The van der Waals surface area contributed by atoms with E-state index in [-0.39, 0.29) is 11.8 Å². The number of hydrogen-bond acceptors (Lipinski definition) is 2. The first-order chi connectivity index (χ1) is 10.6. The van der Waals surface area contributed by atoms with Crippen LogP contribution in [0.2, 0.25) is 5.02 Å². The van der Waals surface area contributed by atoms with Crippen LogP contribution in [0.1, 0.15) is 21.8 Å². The van der Waals surface area contributed by atoms with Gasteiger partial charge in [0, 0.05) is 35.3 Å². The van der Waals surface area contributed by atoms with Gasteiger partial charge in [0.2, 0.25) is 0 Å². The van der Waals surface area contributed by atoms with E-state index >= 15 is 0 Å². The number of carbonyl (C=O) groups is 1. The van der Waals surface area contributed by atoms with Crippen LogP contribution in [0.25, 0.3) is 0 Å². The first-order valence-electron chi connectivity index (χ1n) is 7.15. The Labute approximate surface area is 133 Å². The van der Waals surface area contributed by atoms with Crippen molar-refractivity contribution in [2.75, 3.05) is 18.4 Å². The zero-order valence-corrected chi connectivity index (χ0v) is 12.6. The molecule has 5 heteroatoms. The van der Waals surface area contributed by atoms with Crippen molar-refractivity contribution in [2.24, 2.45) is 0 Å². The SMILES string of the molecule is O=C(Nc1ccc([C@@H]2CNCC2F)cc1)c1ccc(Cl)cc1. The molecule has 114 valence electrons. The number of carbonyl (C=O) groups excluding carboxylic acids is 1. The minimum absolute atomic E-state index is 0.110. The van der Waals surface area contributed by atoms with Crippen molar-refractivity contribution in [3.63, 3.8) is 0 Å². The average molecular weight is 319 g/mol. The summed E-state index contributed by atoms with van der Waals surface area (Å²) in [6.45, 7) is 1.05. The van der Waals surface area contributed by atoms with Crippen LogP contribution < -0.4 is 10.6 Å². The van der Waals surface area contributed by atoms with Gasteiger partial charge in [0.05, 0.1) is 0 Å². The fourth-order valence-electron chi connectivity index (χ4n) is 2.59. The molecule has 1 fully saturated rings. The lowest BCUT2D eigenvalue weighted by molar-refractivity contribution is 0.102. The molecule has 0 bridgehead atoms. The lowest BCUT2D eigenvalue weighted by Crippen LogP contribution is -2.13. The number of nitrogens with one attached hydrogen (secondary N) is 2. The zero-order chi connectivity index (χ0) is 15.5. The van der Waals surface area contributed by atoms with Crippen molar-refractivity contribution in [1.29, 1.82) is 0 Å². The summed E-state index contributed by atoms with van der Waals surface area (Å²) in [4.78, 5) is 12.1. The van der Waals surface area contributed by atoms with Crippen LogP contribution in [-0.4, -0.2) is 25.2 Å². The van der Waals surface area contributed by atoms with Crippen LogP contribution in [0, 0.1) is 0 Å². The van der Waals surface area contributed by atoms with Crippen LogP contribution in [0.15, 0.2) is 48.5 Å². The molecule has 3 nitrogen and oxygen atoms in total. The highest BCUT2D eigenvalue weighted by Gasteiger charge is 2.27. The van der Waals surface area contributed by atoms with Gasteiger partial charge in [-0.25, -0.2) is 4.39 Å². The first kappa shape index (κ1) is 15.0. The fraction of sp³-hybridized carbons (Fsp3) is 0.235. The van der Waals surface area contributed by atoms with E-state index in [4.69, 9.17) is 11.6 Å². The van der Waals surface area contributed by atoms with E-state index in [1.807, 2.05) is 12.1 Å². The van der Waals surface area contributed by atoms with Crippen molar-refractivity contribution in [2.45, 2.75) is 12.1 Å². The van der Waals surface area contributed by atoms with Gasteiger partial charge in [0.1, 0.15) is 6.17 Å². The minimum Gasteiger partial charge on any atom is -0.322 e. The summed E-state index contributed by atoms with van der Waals surface area (Å²) in [7, 11) is 0. The molecule has 0 radical (unpaired) electrons. The third kappa shape index (κ3) is 3.29. The highest BCUT2D eigenvalue weighted by molar-refractivity contribution is 6.30. The Morgan fingerprint density at radius 2 is 1.77 bits per heavy atom. The quantitative estimate of drug-likeness (QED) is 0.907. The van der Waals surface area contributed by atoms with Gasteiger partial charge in [-0.3, -0.25) is 4.79 Å². The summed E-state index contributed by atoms with van der Waals surface area (Å²) in [6, 6.07) is 14.0. The van der Waals surface area contributed by atoms with Gasteiger partial charge in [0.15, 0.2) is 0 Å². The molecule has 0 saturated carbocycles. The van der Waals surface area contributed by atoms with Gasteiger partial charge in [-0.1, -0.05) is 23.7 Å². The number of benzene rings is 2. The monoisotopic (exact) mass is 318 g/mol. The van der Waals surface area contributed by atoms with Gasteiger partial charge in [0.25, 0.3) is 5.91 Å². The predicted octanol–water partition coefficient (Wildman–Crippen LogP) is 3.62. The minimum atomic E-state index is -0.852. The molecule has 1 aliphatic rings. The summed E-state index contributed by atoms with van der Waals surface area (Å²) in [5.41, 5.74) is 2.17. The molecule has 0 aromatic heterocycles. The second-order valence-corrected chi connectivity index (χ2v) is 5.80. The Balaban J connectivity index is 1.68. The van der Waals surface area contributed by atoms with Crippen molar-refractivity contribution in [1.82, 2.24) is 5.32 Å². The Morgan fingerprint density at radius 3 is 2.36 bits per heavy atom. The summed E-state index contributed by atoms with van der Waals surface area (Å²) < 4.78 is 13.7. The maximum atomic E-state index is 13.7. The molecule has 2 aromatic rings. The molecule has 1 unspecified atom stereocenters. The highest BCUT2D eigenvalue weighted by Crippen LogP contribution is 2.26. The smallest absolute Gasteiger partial charge is 0.255 e. The number of hydrogen-bond donors (Lipinski definition) is 2. The van der Waals surface area contributed by atoms with Crippen LogP contribution in [0.4, 0.5) is 10.1 Å². The van der Waals surface area contributed by atoms with E-state index in [0.29, 0.717) is 29.4 Å². The molecule has 2 aromatic carbocycles. The van der Waals surface area contributed by atoms with Gasteiger partial charge >= 0.3 is 0 Å². The molecule has 1 aliphatic heterocycles. The zero-order valence-electron chi connectivity index (χ0n) is 11.9. The summed E-state index contributed by atoms with van der Waals surface area (Å²) in [5, 5.41) is 6.44. The lowest BCUT2D eigenvalue weighted by Gasteiger charge is -2.13. The molecule has 1 heterocycles. The normalized spacial score (nSPS) is 20.8. The number of rotatable bonds is 3. The van der Waals surface area contributed by atoms with E-state index in [0.717, 1.165) is 5.56 Å². The lowest BCUT2D eigenvalue weighted by atomic mass is 9.97. The summed E-state index contributed by atoms with van der Waals surface area (Å²) in [6.07, 6.45) is -0.852. The van der Waals surface area contributed by atoms with Crippen molar-refractivity contribution < 1.29 is 9.18 Å². The van der Waals surface area contributed by atoms with Crippen molar-refractivity contribution in [3.8, 4) is 0 Å². The van der Waals surface area contributed by atoms with Crippen molar-refractivity contribution >= 4 is 23.2 Å². The number of anilines is 1. The third-order valence-corrected chi connectivity index (χ3v) is 4.10. The number of amides is 1. The number of alkyl halides is 1. The Bertz CT molecular complexity index is 657. The van der Waals surface area contributed by atoms with Gasteiger partial charge in [-0.2, -0.15) is 0 Å². The molecule has 2 atom stereocenters. The number of halogens is 2. The van der Waals surface area contributed by atoms with Crippen LogP contribution in [-0.2, 0) is 0 Å². The second-order valence-electron chi connectivity index (χ2n) is 5.36. The third-order valence-electron chi connectivity index (χ3n) is 3.84. The molecule has 0 aliphatic carbocycles. The summed E-state index contributed by atoms with van der Waals surface area (Å²) in [5.74, 6) is -0.309. The average Bonchev–Trinajstić information content (AvgIpc) is 2.95. The Morgan fingerprint density at radius 1 is 1.09 bits per heavy atom. The molecule has 2 N–H and O–H groups in total. The van der Waals surface area contributed by atoms with Crippen LogP contribution in [0.3, 0.4) is 0 Å². The maximum absolute atomic E-state index is 13.7. The van der Waals surface area contributed by atoms with Crippen molar-refractivity contribution in [3.05, 3.63) is 64.7 Å². The Kier molecular flexibility index (Phi) is 4.41. The predicted molar refractivity (Wildman–Crippen MR) is 86.4 cm³/mol. The van der Waals surface area contributed by atoms with Crippen LogP contribution >= 0.6 is 11.6 Å². The van der Waals surface area contributed by atoms with Gasteiger partial charge in [-0.05, 0) is 42.0 Å². The van der Waals surface area contributed by atoms with Gasteiger partial charge in [-0.15, -0.1) is 0 Å². The van der Waals surface area contributed by atoms with E-state index in [2.05, 4.69) is 10.6 Å². The largest absolute Gasteiger partial charge is 0.322 e. The second kappa shape index (κ2) is 6.46. The summed E-state index contributed by atoms with van der Waals surface area (Å²) >= 11 is 5.80. The van der Waals surface area contributed by atoms with E-state index in [1.165, 1.54) is 0 Å². The highest BCUT2D eigenvalue weighted by atomic mass is 35.5. The van der Waals surface area contributed by atoms with E-state index in [1.54, 1.807) is 36.4 Å². The van der Waals surface area contributed by atoms with E-state index < -0.39 is 6.17 Å². The molecule has 22 heavy (non-hydrogen) atoms. The molecule has 1 saturated heterocycles. The molecular formula is C17H16ClFN2O. The standard InChI is InChI=1S/C17H16ClFN2O/c18-13-5-1-12(2-6-13)17(22)21-14-7-3-11(4-8-14)15-9-20-10-16(15)19/h1-8,15-16,20H,9-10H2,(H,21,22)/t15-,16?/m0/s1. The maximum Gasteiger partial charge on any atom is 0.255 e. The first-order valence-corrected chi connectivity index (χ1v) is 7.53. The topological polar surface area (TPSA) is 41.1 Å². The van der Waals surface area contributed by atoms with Crippen LogP contribution in [0.5, 0.6) is 0 Å². The van der Waals surface area contributed by atoms with Gasteiger partial charge < -0.3 is 10.6 Å². The molecular weight excluding hydrogens is 303 g/mol. The molecule has 3 rings (SSSR count). The molecule has 1 amide bonds. The molecule has 0 spiro atoms. The Hall–Kier alpha value is -1.91.